The maximum Gasteiger partial charge on any atom is 0.227 e. The Morgan fingerprint density at radius 2 is 1.09 bits per heavy atom. The van der Waals surface area contributed by atoms with Crippen molar-refractivity contribution < 1.29 is 8.83 Å². The minimum absolute atomic E-state index is 0.598. The summed E-state index contributed by atoms with van der Waals surface area (Å²) < 4.78 is 15.2. The predicted octanol–water partition coefficient (Wildman–Crippen LogP) is 13.6. The third kappa shape index (κ3) is 4.83. The number of oxazole rings is 1. The highest BCUT2D eigenvalue weighted by Gasteiger charge is 2.23. The summed E-state index contributed by atoms with van der Waals surface area (Å²) >= 11 is 0. The summed E-state index contributed by atoms with van der Waals surface area (Å²) in [6.07, 6.45) is 0. The van der Waals surface area contributed by atoms with Crippen LogP contribution in [-0.4, -0.2) is 9.55 Å². The van der Waals surface area contributed by atoms with Crippen molar-refractivity contribution in [2.24, 2.45) is 0 Å². The van der Waals surface area contributed by atoms with Crippen molar-refractivity contribution in [2.75, 3.05) is 4.90 Å². The van der Waals surface area contributed by atoms with E-state index in [4.69, 9.17) is 13.8 Å². The highest BCUT2D eigenvalue weighted by atomic mass is 16.4. The molecule has 0 saturated heterocycles. The van der Waals surface area contributed by atoms with Gasteiger partial charge in [-0.2, -0.15) is 0 Å². The van der Waals surface area contributed by atoms with Crippen LogP contribution in [0.25, 0.3) is 83.1 Å². The van der Waals surface area contributed by atoms with Gasteiger partial charge in [-0.25, -0.2) is 4.98 Å². The SMILES string of the molecule is c1ccc(-c2cccc(N(c3ccc4c(c3)oc3cc5oc(-c6ccccc6)nc5cc34)c3cccc4c5ccccc5n(-c5ccccc5)c34)c2)cc1. The average Bonchev–Trinajstić information content (AvgIpc) is 3.92. The predicted molar refractivity (Wildman–Crippen MR) is 221 cm³/mol. The second-order valence-corrected chi connectivity index (χ2v) is 13.6. The summed E-state index contributed by atoms with van der Waals surface area (Å²) in [4.78, 5) is 7.20. The molecule has 11 rings (SSSR count). The van der Waals surface area contributed by atoms with Crippen molar-refractivity contribution in [3.63, 3.8) is 0 Å². The lowest BCUT2D eigenvalue weighted by atomic mass is 10.0. The largest absolute Gasteiger partial charge is 0.456 e. The van der Waals surface area contributed by atoms with Gasteiger partial charge in [-0.1, -0.05) is 109 Å². The molecule has 11 aromatic rings. The van der Waals surface area contributed by atoms with Crippen molar-refractivity contribution in [1.82, 2.24) is 9.55 Å². The Hall–Kier alpha value is -7.37. The summed E-state index contributed by atoms with van der Waals surface area (Å²) in [5.41, 5.74) is 12.8. The van der Waals surface area contributed by atoms with Crippen molar-refractivity contribution in [2.45, 2.75) is 0 Å². The van der Waals surface area contributed by atoms with Gasteiger partial charge in [0, 0.05) is 56.3 Å². The van der Waals surface area contributed by atoms with Crippen LogP contribution in [0, 0.1) is 0 Å². The zero-order valence-electron chi connectivity index (χ0n) is 29.1. The number of hydrogen-bond donors (Lipinski definition) is 0. The molecule has 0 fully saturated rings. The summed E-state index contributed by atoms with van der Waals surface area (Å²) in [5.74, 6) is 0.598. The lowest BCUT2D eigenvalue weighted by molar-refractivity contribution is 0.617. The van der Waals surface area contributed by atoms with Gasteiger partial charge >= 0.3 is 0 Å². The van der Waals surface area contributed by atoms with E-state index in [0.717, 1.165) is 77.9 Å². The molecule has 8 aromatic carbocycles. The fraction of sp³-hybridized carbons (Fsp3) is 0. The number of benzene rings is 8. The van der Waals surface area contributed by atoms with Crippen LogP contribution in [-0.2, 0) is 0 Å². The van der Waals surface area contributed by atoms with Gasteiger partial charge in [-0.3, -0.25) is 0 Å². The number of nitrogens with zero attached hydrogens (tertiary/aromatic N) is 3. The van der Waals surface area contributed by atoms with Gasteiger partial charge in [0.25, 0.3) is 0 Å². The number of hydrogen-bond acceptors (Lipinski definition) is 4. The number of rotatable bonds is 6. The lowest BCUT2D eigenvalue weighted by Crippen LogP contribution is -2.11. The van der Waals surface area contributed by atoms with Crippen molar-refractivity contribution in [3.05, 3.63) is 188 Å². The standard InChI is InChI=1S/C49H31N3O2/c1-4-14-32(15-5-1)34-18-12-21-36(28-34)51(44-25-13-23-40-38-22-10-11-24-43(38)52(48(40)44)35-19-8-3-9-20-35)37-26-27-39-41-30-42-47(31-46(41)53-45(39)29-37)54-49(50-42)33-16-6-2-7-17-33/h1-31H. The molecule has 5 heteroatoms. The fourth-order valence-electron chi connectivity index (χ4n) is 7.94. The molecule has 0 N–H and O–H groups in total. The zero-order valence-corrected chi connectivity index (χ0v) is 29.1. The molecule has 0 aliphatic heterocycles. The molecule has 0 bridgehead atoms. The van der Waals surface area contributed by atoms with E-state index in [2.05, 4.69) is 161 Å². The third-order valence-corrected chi connectivity index (χ3v) is 10.4. The highest BCUT2D eigenvalue weighted by molar-refractivity contribution is 6.15. The molecular weight excluding hydrogens is 663 g/mol. The monoisotopic (exact) mass is 693 g/mol. The second kappa shape index (κ2) is 12.1. The van der Waals surface area contributed by atoms with Crippen LogP contribution in [0.1, 0.15) is 0 Å². The van der Waals surface area contributed by atoms with E-state index >= 15 is 0 Å². The molecule has 3 heterocycles. The van der Waals surface area contributed by atoms with Crippen LogP contribution in [0.15, 0.2) is 197 Å². The van der Waals surface area contributed by atoms with Crippen molar-refractivity contribution >= 4 is 71.9 Å². The van der Waals surface area contributed by atoms with Crippen LogP contribution in [0.3, 0.4) is 0 Å². The molecule has 0 aliphatic rings. The molecule has 54 heavy (non-hydrogen) atoms. The van der Waals surface area contributed by atoms with Crippen LogP contribution in [0.4, 0.5) is 17.1 Å². The molecule has 0 radical (unpaired) electrons. The molecular formula is C49H31N3O2. The van der Waals surface area contributed by atoms with E-state index in [1.54, 1.807) is 0 Å². The molecule has 0 spiro atoms. The molecule has 254 valence electrons. The molecule has 0 aliphatic carbocycles. The van der Waals surface area contributed by atoms with Crippen LogP contribution >= 0.6 is 0 Å². The van der Waals surface area contributed by atoms with Crippen molar-refractivity contribution in [1.29, 1.82) is 0 Å². The van der Waals surface area contributed by atoms with Gasteiger partial charge in [0.1, 0.15) is 16.7 Å². The molecule has 3 aromatic heterocycles. The Kier molecular flexibility index (Phi) is 6.79. The smallest absolute Gasteiger partial charge is 0.227 e. The normalized spacial score (nSPS) is 11.7. The van der Waals surface area contributed by atoms with Gasteiger partial charge in [0.05, 0.1) is 16.7 Å². The Labute approximate surface area is 310 Å². The van der Waals surface area contributed by atoms with E-state index in [1.165, 1.54) is 10.8 Å². The molecule has 0 atom stereocenters. The number of anilines is 3. The first-order valence-corrected chi connectivity index (χ1v) is 18.1. The Bertz CT molecular complexity index is 3160. The minimum Gasteiger partial charge on any atom is -0.456 e. The highest BCUT2D eigenvalue weighted by Crippen LogP contribution is 2.45. The first kappa shape index (κ1) is 30.3. The minimum atomic E-state index is 0.598. The van der Waals surface area contributed by atoms with Crippen LogP contribution in [0.2, 0.25) is 0 Å². The molecule has 0 unspecified atom stereocenters. The van der Waals surface area contributed by atoms with Gasteiger partial charge in [0.15, 0.2) is 5.58 Å². The van der Waals surface area contributed by atoms with E-state index in [9.17, 15) is 0 Å². The lowest BCUT2D eigenvalue weighted by Gasteiger charge is -2.27. The quantitative estimate of drug-likeness (QED) is 0.174. The fourth-order valence-corrected chi connectivity index (χ4v) is 7.94. The van der Waals surface area contributed by atoms with Gasteiger partial charge in [0.2, 0.25) is 5.89 Å². The topological polar surface area (TPSA) is 47.3 Å². The first-order chi connectivity index (χ1) is 26.8. The summed E-state index contributed by atoms with van der Waals surface area (Å²) in [6.45, 7) is 0. The third-order valence-electron chi connectivity index (χ3n) is 10.4. The average molecular weight is 694 g/mol. The number of furan rings is 1. The molecule has 5 nitrogen and oxygen atoms in total. The maximum atomic E-state index is 6.64. The zero-order chi connectivity index (χ0) is 35.6. The summed E-state index contributed by atoms with van der Waals surface area (Å²) in [6, 6.07) is 65.8. The van der Waals surface area contributed by atoms with Gasteiger partial charge in [-0.15, -0.1) is 0 Å². The Morgan fingerprint density at radius 3 is 1.93 bits per heavy atom. The second-order valence-electron chi connectivity index (χ2n) is 13.6. The first-order valence-electron chi connectivity index (χ1n) is 18.1. The number of fused-ring (bicyclic) bond motifs is 7. The van der Waals surface area contributed by atoms with Gasteiger partial charge in [-0.05, 0) is 77.9 Å². The van der Waals surface area contributed by atoms with E-state index in [1.807, 2.05) is 36.4 Å². The Balaban J connectivity index is 1.14. The van der Waals surface area contributed by atoms with Crippen LogP contribution < -0.4 is 4.90 Å². The Morgan fingerprint density at radius 1 is 0.426 bits per heavy atom. The van der Waals surface area contributed by atoms with E-state index in [0.29, 0.717) is 11.5 Å². The number of para-hydroxylation sites is 3. The van der Waals surface area contributed by atoms with E-state index in [-0.39, 0.29) is 0 Å². The maximum absolute atomic E-state index is 6.64. The summed E-state index contributed by atoms with van der Waals surface area (Å²) in [5, 5.41) is 4.42. The van der Waals surface area contributed by atoms with Gasteiger partial charge < -0.3 is 18.3 Å². The molecule has 0 amide bonds. The summed E-state index contributed by atoms with van der Waals surface area (Å²) in [7, 11) is 0. The molecule has 0 saturated carbocycles. The van der Waals surface area contributed by atoms with Crippen LogP contribution in [0.5, 0.6) is 0 Å². The number of aromatic nitrogens is 2. The van der Waals surface area contributed by atoms with Crippen molar-refractivity contribution in [3.8, 4) is 28.3 Å². The van der Waals surface area contributed by atoms with E-state index < -0.39 is 0 Å².